The number of hydrogen-bond acceptors (Lipinski definition) is 5. The van der Waals surface area contributed by atoms with Gasteiger partial charge in [-0.05, 0) is 67.6 Å². The zero-order valence-electron chi connectivity index (χ0n) is 17.4. The van der Waals surface area contributed by atoms with Crippen LogP contribution in [0.1, 0.15) is 27.0 Å². The number of thioether (sulfide) groups is 1. The fourth-order valence-electron chi connectivity index (χ4n) is 2.86. The van der Waals surface area contributed by atoms with Gasteiger partial charge in [0.15, 0.2) is 0 Å². The minimum Gasteiger partial charge on any atom is -0.279 e. The van der Waals surface area contributed by atoms with Crippen LogP contribution in [0.25, 0.3) is 0 Å². The van der Waals surface area contributed by atoms with Crippen LogP contribution in [-0.4, -0.2) is 26.8 Å². The van der Waals surface area contributed by atoms with Gasteiger partial charge in [-0.3, -0.25) is 9.52 Å². The average Bonchev–Trinajstić information content (AvgIpc) is 2.76. The lowest BCUT2D eigenvalue weighted by atomic mass is 10.1. The van der Waals surface area contributed by atoms with Crippen molar-refractivity contribution in [3.05, 3.63) is 89.0 Å². The van der Waals surface area contributed by atoms with Crippen molar-refractivity contribution in [1.29, 1.82) is 0 Å². The van der Waals surface area contributed by atoms with E-state index in [0.717, 1.165) is 21.6 Å². The largest absolute Gasteiger partial charge is 0.279 e. The average molecular weight is 454 g/mol. The third-order valence-electron chi connectivity index (χ3n) is 4.53. The fourth-order valence-corrected chi connectivity index (χ4v) is 4.44. The number of rotatable bonds is 7. The summed E-state index contributed by atoms with van der Waals surface area (Å²) in [5.74, 6) is -0.499. The van der Waals surface area contributed by atoms with Crippen molar-refractivity contribution >= 4 is 39.6 Å². The standard InChI is InChI=1S/C23H23N3O3S2/c1-16-7-12-22(17(2)13-16)26-31(28,29)21-6-4-5-19(14-21)23(27)25-24-15-18-8-10-20(30-3)11-9-18/h4-15,26H,1-3H3,(H,25,27)/b24-15+. The van der Waals surface area contributed by atoms with E-state index in [1.165, 1.54) is 30.5 Å². The molecule has 1 amide bonds. The van der Waals surface area contributed by atoms with E-state index >= 15 is 0 Å². The molecule has 8 heteroatoms. The van der Waals surface area contributed by atoms with Gasteiger partial charge in [-0.2, -0.15) is 5.10 Å². The summed E-state index contributed by atoms with van der Waals surface area (Å²) in [5.41, 5.74) is 5.82. The SMILES string of the molecule is CSc1ccc(/C=N/NC(=O)c2cccc(S(=O)(=O)Nc3ccc(C)cc3C)c2)cc1. The minimum absolute atomic E-state index is 0.00300. The molecule has 0 saturated heterocycles. The van der Waals surface area contributed by atoms with E-state index in [4.69, 9.17) is 0 Å². The summed E-state index contributed by atoms with van der Waals surface area (Å²) in [5, 5.41) is 3.96. The number of carbonyl (C=O) groups excluding carboxylic acids is 1. The highest BCUT2D eigenvalue weighted by molar-refractivity contribution is 7.98. The highest BCUT2D eigenvalue weighted by Gasteiger charge is 2.17. The Morgan fingerprint density at radius 3 is 2.42 bits per heavy atom. The Morgan fingerprint density at radius 2 is 1.74 bits per heavy atom. The van der Waals surface area contributed by atoms with Crippen LogP contribution in [0.2, 0.25) is 0 Å². The molecule has 0 unspecified atom stereocenters. The van der Waals surface area contributed by atoms with Crippen molar-refractivity contribution in [2.24, 2.45) is 5.10 Å². The molecule has 3 rings (SSSR count). The Balaban J connectivity index is 1.72. The van der Waals surface area contributed by atoms with Gasteiger partial charge in [0.2, 0.25) is 0 Å². The number of carbonyl (C=O) groups is 1. The topological polar surface area (TPSA) is 87.6 Å². The Kier molecular flexibility index (Phi) is 7.14. The third-order valence-corrected chi connectivity index (χ3v) is 6.64. The van der Waals surface area contributed by atoms with Gasteiger partial charge in [0.05, 0.1) is 16.8 Å². The van der Waals surface area contributed by atoms with E-state index < -0.39 is 15.9 Å². The van der Waals surface area contributed by atoms with Crippen molar-refractivity contribution in [1.82, 2.24) is 5.43 Å². The van der Waals surface area contributed by atoms with Gasteiger partial charge in [0.1, 0.15) is 0 Å². The monoisotopic (exact) mass is 453 g/mol. The maximum Gasteiger partial charge on any atom is 0.271 e. The van der Waals surface area contributed by atoms with Gasteiger partial charge in [-0.1, -0.05) is 35.9 Å². The number of hydrazone groups is 1. The highest BCUT2D eigenvalue weighted by atomic mass is 32.2. The molecule has 0 atom stereocenters. The fraction of sp³-hybridized carbons (Fsp3) is 0.130. The number of amides is 1. The molecule has 0 heterocycles. The molecule has 0 spiro atoms. The number of hydrogen-bond donors (Lipinski definition) is 2. The summed E-state index contributed by atoms with van der Waals surface area (Å²) in [6.07, 6.45) is 3.53. The first kappa shape index (κ1) is 22.6. The number of anilines is 1. The molecule has 3 aromatic carbocycles. The highest BCUT2D eigenvalue weighted by Crippen LogP contribution is 2.21. The van der Waals surface area contributed by atoms with E-state index in [1.807, 2.05) is 56.5 Å². The summed E-state index contributed by atoms with van der Waals surface area (Å²) in [6.45, 7) is 3.77. The molecule has 0 saturated carbocycles. The Morgan fingerprint density at radius 1 is 1.00 bits per heavy atom. The van der Waals surface area contributed by atoms with Gasteiger partial charge in [0, 0.05) is 10.5 Å². The number of nitrogens with one attached hydrogen (secondary N) is 2. The lowest BCUT2D eigenvalue weighted by molar-refractivity contribution is 0.0955. The molecule has 0 fully saturated rings. The van der Waals surface area contributed by atoms with Crippen LogP contribution in [0.5, 0.6) is 0 Å². The van der Waals surface area contributed by atoms with Gasteiger partial charge in [0.25, 0.3) is 15.9 Å². The number of sulfonamides is 1. The van der Waals surface area contributed by atoms with Crippen LogP contribution < -0.4 is 10.1 Å². The summed E-state index contributed by atoms with van der Waals surface area (Å²) in [4.78, 5) is 13.6. The second-order valence-corrected chi connectivity index (χ2v) is 9.49. The van der Waals surface area contributed by atoms with Crippen molar-refractivity contribution < 1.29 is 13.2 Å². The minimum atomic E-state index is -3.85. The molecule has 0 aliphatic heterocycles. The summed E-state index contributed by atoms with van der Waals surface area (Å²) < 4.78 is 28.2. The first-order valence-electron chi connectivity index (χ1n) is 9.46. The molecule has 0 aromatic heterocycles. The molecule has 0 radical (unpaired) electrons. The van der Waals surface area contributed by atoms with Crippen molar-refractivity contribution in [3.63, 3.8) is 0 Å². The predicted octanol–water partition coefficient (Wildman–Crippen LogP) is 4.59. The molecule has 0 aliphatic rings. The molecule has 31 heavy (non-hydrogen) atoms. The molecular formula is C23H23N3O3S2. The van der Waals surface area contributed by atoms with Gasteiger partial charge >= 0.3 is 0 Å². The number of nitrogens with zero attached hydrogens (tertiary/aromatic N) is 1. The molecule has 3 aromatic rings. The zero-order valence-corrected chi connectivity index (χ0v) is 19.0. The molecule has 2 N–H and O–H groups in total. The number of benzene rings is 3. The van der Waals surface area contributed by atoms with Crippen LogP contribution in [0.15, 0.2) is 81.6 Å². The first-order chi connectivity index (χ1) is 14.8. The van der Waals surface area contributed by atoms with E-state index in [2.05, 4.69) is 15.2 Å². The van der Waals surface area contributed by atoms with E-state index in [9.17, 15) is 13.2 Å². The molecule has 6 nitrogen and oxygen atoms in total. The number of aryl methyl sites for hydroxylation is 2. The summed E-state index contributed by atoms with van der Waals surface area (Å²) in [7, 11) is -3.85. The van der Waals surface area contributed by atoms with Gasteiger partial charge < -0.3 is 0 Å². The first-order valence-corrected chi connectivity index (χ1v) is 12.2. The zero-order chi connectivity index (χ0) is 22.4. The van der Waals surface area contributed by atoms with Crippen LogP contribution in [0, 0.1) is 13.8 Å². The Hall–Kier alpha value is -3.10. The van der Waals surface area contributed by atoms with E-state index in [0.29, 0.717) is 5.69 Å². The molecular weight excluding hydrogens is 430 g/mol. The molecule has 0 bridgehead atoms. The van der Waals surface area contributed by atoms with Gasteiger partial charge in [-0.25, -0.2) is 13.8 Å². The Labute approximate surface area is 186 Å². The second-order valence-electron chi connectivity index (χ2n) is 6.92. The van der Waals surface area contributed by atoms with Crippen LogP contribution in [0.3, 0.4) is 0 Å². The normalized spacial score (nSPS) is 11.5. The summed E-state index contributed by atoms with van der Waals surface area (Å²) in [6, 6.07) is 19.0. The lowest BCUT2D eigenvalue weighted by Gasteiger charge is -2.12. The maximum atomic E-state index is 12.8. The van der Waals surface area contributed by atoms with Crippen molar-refractivity contribution in [2.75, 3.05) is 11.0 Å². The molecule has 160 valence electrons. The van der Waals surface area contributed by atoms with E-state index in [-0.39, 0.29) is 10.5 Å². The van der Waals surface area contributed by atoms with Gasteiger partial charge in [-0.15, -0.1) is 11.8 Å². The quantitative estimate of drug-likeness (QED) is 0.311. The smallest absolute Gasteiger partial charge is 0.271 e. The van der Waals surface area contributed by atoms with Crippen LogP contribution in [0.4, 0.5) is 5.69 Å². The maximum absolute atomic E-state index is 12.8. The van der Waals surface area contributed by atoms with Crippen molar-refractivity contribution in [2.45, 2.75) is 23.6 Å². The second kappa shape index (κ2) is 9.80. The van der Waals surface area contributed by atoms with Crippen LogP contribution in [-0.2, 0) is 10.0 Å². The third kappa shape index (κ3) is 5.96. The van der Waals surface area contributed by atoms with Crippen molar-refractivity contribution in [3.8, 4) is 0 Å². The predicted molar refractivity (Wildman–Crippen MR) is 126 cm³/mol. The lowest BCUT2D eigenvalue weighted by Crippen LogP contribution is -2.19. The molecule has 0 aliphatic carbocycles. The Bertz CT molecular complexity index is 1220. The summed E-state index contributed by atoms with van der Waals surface area (Å²) >= 11 is 1.64. The van der Waals surface area contributed by atoms with Crippen LogP contribution >= 0.6 is 11.8 Å². The van der Waals surface area contributed by atoms with E-state index in [1.54, 1.807) is 17.8 Å².